The second kappa shape index (κ2) is 9.79. The molecule has 154 valence electrons. The van der Waals surface area contributed by atoms with Crippen LogP contribution in [0.1, 0.15) is 69.9 Å². The Hall–Kier alpha value is -1.82. The summed E-state index contributed by atoms with van der Waals surface area (Å²) in [6.45, 7) is 4.88. The van der Waals surface area contributed by atoms with Gasteiger partial charge in [0.1, 0.15) is 0 Å². The standard InChI is InChI=1S/C29H38/c1-3-23(14-15-24-10-6-4-7-11-24)20-27(17-16-25-12-8-5-9-13-25)29-22(2)26-18-19-28(29)21-26/h4-13,23,26-28H,3,14-21H2,1-2H3. The molecule has 1 saturated carbocycles. The van der Waals surface area contributed by atoms with E-state index in [9.17, 15) is 0 Å². The van der Waals surface area contributed by atoms with Gasteiger partial charge in [-0.05, 0) is 93.1 Å². The molecular weight excluding hydrogens is 348 g/mol. The molecule has 0 saturated heterocycles. The van der Waals surface area contributed by atoms with Crippen molar-refractivity contribution in [2.24, 2.45) is 23.7 Å². The maximum Gasteiger partial charge on any atom is -0.0192 e. The van der Waals surface area contributed by atoms with Gasteiger partial charge in [0.25, 0.3) is 0 Å². The maximum atomic E-state index is 2.47. The Morgan fingerprint density at radius 1 is 0.793 bits per heavy atom. The quantitative estimate of drug-likeness (QED) is 0.362. The maximum absolute atomic E-state index is 2.47. The number of allylic oxidation sites excluding steroid dienone is 2. The zero-order valence-electron chi connectivity index (χ0n) is 18.4. The zero-order chi connectivity index (χ0) is 20.1. The summed E-state index contributed by atoms with van der Waals surface area (Å²) in [7, 11) is 0. The van der Waals surface area contributed by atoms with Crippen LogP contribution >= 0.6 is 0 Å². The molecule has 0 heteroatoms. The summed E-state index contributed by atoms with van der Waals surface area (Å²) in [5, 5.41) is 0. The highest BCUT2D eigenvalue weighted by molar-refractivity contribution is 5.30. The van der Waals surface area contributed by atoms with E-state index in [0.29, 0.717) is 0 Å². The smallest absolute Gasteiger partial charge is 0.0192 e. The molecule has 4 unspecified atom stereocenters. The summed E-state index contributed by atoms with van der Waals surface area (Å²) in [6.07, 6.45) is 12.2. The Kier molecular flexibility index (Phi) is 6.90. The molecule has 2 aromatic rings. The summed E-state index contributed by atoms with van der Waals surface area (Å²) in [6, 6.07) is 22.2. The van der Waals surface area contributed by atoms with Crippen molar-refractivity contribution in [3.63, 3.8) is 0 Å². The first kappa shape index (κ1) is 20.5. The molecule has 4 atom stereocenters. The molecule has 2 aliphatic carbocycles. The average Bonchev–Trinajstić information content (AvgIpc) is 3.36. The molecule has 0 aromatic heterocycles. The number of rotatable bonds is 10. The molecule has 2 aromatic carbocycles. The molecule has 0 radical (unpaired) electrons. The van der Waals surface area contributed by atoms with E-state index in [2.05, 4.69) is 74.5 Å². The molecule has 0 N–H and O–H groups in total. The first-order chi connectivity index (χ1) is 14.2. The molecule has 4 rings (SSSR count). The van der Waals surface area contributed by atoms with Gasteiger partial charge >= 0.3 is 0 Å². The highest BCUT2D eigenvalue weighted by Gasteiger charge is 2.39. The second-order valence-corrected chi connectivity index (χ2v) is 9.60. The number of aryl methyl sites for hydroxylation is 2. The largest absolute Gasteiger partial charge is 0.0704 e. The van der Waals surface area contributed by atoms with E-state index < -0.39 is 0 Å². The number of benzene rings is 2. The molecule has 29 heavy (non-hydrogen) atoms. The van der Waals surface area contributed by atoms with Crippen molar-refractivity contribution in [3.8, 4) is 0 Å². The van der Waals surface area contributed by atoms with E-state index >= 15 is 0 Å². The molecule has 0 amide bonds. The topological polar surface area (TPSA) is 0 Å². The van der Waals surface area contributed by atoms with Gasteiger partial charge in [-0.2, -0.15) is 0 Å². The van der Waals surface area contributed by atoms with Crippen molar-refractivity contribution in [2.45, 2.75) is 71.6 Å². The number of hydrogen-bond donors (Lipinski definition) is 0. The minimum Gasteiger partial charge on any atom is -0.0704 e. The Labute approximate surface area is 178 Å². The van der Waals surface area contributed by atoms with E-state index in [1.165, 1.54) is 68.9 Å². The highest BCUT2D eigenvalue weighted by atomic mass is 14.4. The molecular formula is C29H38. The van der Waals surface area contributed by atoms with Gasteiger partial charge in [-0.1, -0.05) is 85.2 Å². The predicted octanol–water partition coefficient (Wildman–Crippen LogP) is 8.03. The SMILES string of the molecule is CCC(CCc1ccccc1)CC(CCc1ccccc1)C1=C(C)C2CCC1C2. The van der Waals surface area contributed by atoms with Crippen LogP contribution in [0.15, 0.2) is 71.8 Å². The minimum atomic E-state index is 0.797. The first-order valence-electron chi connectivity index (χ1n) is 12.0. The van der Waals surface area contributed by atoms with Crippen molar-refractivity contribution in [2.75, 3.05) is 0 Å². The molecule has 0 spiro atoms. The monoisotopic (exact) mass is 386 g/mol. The van der Waals surface area contributed by atoms with Crippen LogP contribution in [0, 0.1) is 23.7 Å². The normalized spacial score (nSPS) is 22.8. The molecule has 0 heterocycles. The van der Waals surface area contributed by atoms with Gasteiger partial charge in [-0.3, -0.25) is 0 Å². The number of hydrogen-bond acceptors (Lipinski definition) is 0. The van der Waals surface area contributed by atoms with Gasteiger partial charge in [0.05, 0.1) is 0 Å². The Morgan fingerprint density at radius 3 is 1.93 bits per heavy atom. The lowest BCUT2D eigenvalue weighted by Gasteiger charge is -2.30. The van der Waals surface area contributed by atoms with Gasteiger partial charge in [0.2, 0.25) is 0 Å². The molecule has 0 aliphatic heterocycles. The fourth-order valence-corrected chi connectivity index (χ4v) is 6.16. The van der Waals surface area contributed by atoms with Crippen molar-refractivity contribution >= 4 is 0 Å². The van der Waals surface area contributed by atoms with Gasteiger partial charge in [-0.15, -0.1) is 0 Å². The van der Waals surface area contributed by atoms with Crippen molar-refractivity contribution in [1.29, 1.82) is 0 Å². The lowest BCUT2D eigenvalue weighted by molar-refractivity contribution is 0.341. The van der Waals surface area contributed by atoms with Crippen molar-refractivity contribution in [3.05, 3.63) is 82.9 Å². The zero-order valence-corrected chi connectivity index (χ0v) is 18.4. The lowest BCUT2D eigenvalue weighted by atomic mass is 9.76. The van der Waals surface area contributed by atoms with Gasteiger partial charge in [-0.25, -0.2) is 0 Å². The van der Waals surface area contributed by atoms with E-state index in [0.717, 1.165) is 23.7 Å². The van der Waals surface area contributed by atoms with Crippen LogP contribution in [0.5, 0.6) is 0 Å². The third kappa shape index (κ3) is 5.03. The van der Waals surface area contributed by atoms with Crippen LogP contribution in [0.25, 0.3) is 0 Å². The highest BCUT2D eigenvalue weighted by Crippen LogP contribution is 2.52. The van der Waals surface area contributed by atoms with Crippen LogP contribution in [0.3, 0.4) is 0 Å². The van der Waals surface area contributed by atoms with Crippen molar-refractivity contribution < 1.29 is 0 Å². The third-order valence-corrected chi connectivity index (χ3v) is 7.88. The Balaban J connectivity index is 1.45. The molecule has 0 nitrogen and oxygen atoms in total. The summed E-state index contributed by atoms with van der Waals surface area (Å²) in [4.78, 5) is 0. The summed E-state index contributed by atoms with van der Waals surface area (Å²) in [5.74, 6) is 3.47. The van der Waals surface area contributed by atoms with Crippen LogP contribution in [-0.4, -0.2) is 0 Å². The molecule has 2 bridgehead atoms. The van der Waals surface area contributed by atoms with Crippen molar-refractivity contribution in [1.82, 2.24) is 0 Å². The van der Waals surface area contributed by atoms with Gasteiger partial charge < -0.3 is 0 Å². The minimum absolute atomic E-state index is 0.797. The van der Waals surface area contributed by atoms with Crippen LogP contribution < -0.4 is 0 Å². The van der Waals surface area contributed by atoms with Gasteiger partial charge in [0.15, 0.2) is 0 Å². The fraction of sp³-hybridized carbons (Fsp3) is 0.517. The number of fused-ring (bicyclic) bond motifs is 2. The van der Waals surface area contributed by atoms with Crippen LogP contribution in [-0.2, 0) is 12.8 Å². The summed E-state index contributed by atoms with van der Waals surface area (Å²) < 4.78 is 0. The van der Waals surface area contributed by atoms with Gasteiger partial charge in [0, 0.05) is 0 Å². The molecule has 1 fully saturated rings. The lowest BCUT2D eigenvalue weighted by Crippen LogP contribution is -2.18. The second-order valence-electron chi connectivity index (χ2n) is 9.60. The van der Waals surface area contributed by atoms with Crippen LogP contribution in [0.4, 0.5) is 0 Å². The van der Waals surface area contributed by atoms with E-state index in [1.54, 1.807) is 5.57 Å². The Morgan fingerprint density at radius 2 is 1.38 bits per heavy atom. The summed E-state index contributed by atoms with van der Waals surface area (Å²) >= 11 is 0. The molecule has 2 aliphatic rings. The van der Waals surface area contributed by atoms with E-state index in [4.69, 9.17) is 0 Å². The average molecular weight is 387 g/mol. The first-order valence-corrected chi connectivity index (χ1v) is 12.0. The predicted molar refractivity (Wildman–Crippen MR) is 125 cm³/mol. The fourth-order valence-electron chi connectivity index (χ4n) is 6.16. The van der Waals surface area contributed by atoms with E-state index in [-0.39, 0.29) is 0 Å². The third-order valence-electron chi connectivity index (χ3n) is 7.88. The van der Waals surface area contributed by atoms with E-state index in [1.807, 2.05) is 5.57 Å². The Bertz CT molecular complexity index is 785. The van der Waals surface area contributed by atoms with Crippen LogP contribution in [0.2, 0.25) is 0 Å². The summed E-state index contributed by atoms with van der Waals surface area (Å²) in [5.41, 5.74) is 6.70.